The highest BCUT2D eigenvalue weighted by Crippen LogP contribution is 2.18. The molecule has 0 saturated carbocycles. The van der Waals surface area contributed by atoms with Gasteiger partial charge in [-0.25, -0.2) is 0 Å². The smallest absolute Gasteiger partial charge is 0.0789 e. The molecule has 0 heterocycles. The zero-order chi connectivity index (χ0) is 7.49. The summed E-state index contributed by atoms with van der Waals surface area (Å²) < 4.78 is 0. The van der Waals surface area contributed by atoms with Crippen LogP contribution in [0, 0.1) is 5.92 Å². The Balaban J connectivity index is 3.92. The third kappa shape index (κ3) is 1.95. The van der Waals surface area contributed by atoms with Crippen molar-refractivity contribution in [1.29, 1.82) is 0 Å². The lowest BCUT2D eigenvalue weighted by Gasteiger charge is -2.28. The maximum absolute atomic E-state index is 9.58. The fourth-order valence-corrected chi connectivity index (χ4v) is 0.788. The Hall–Kier alpha value is -0.0800. The molecule has 2 heteroatoms. The molecule has 0 aromatic carbocycles. The van der Waals surface area contributed by atoms with Gasteiger partial charge in [-0.1, -0.05) is 20.8 Å². The molecule has 0 saturated heterocycles. The normalized spacial score (nSPS) is 18.0. The van der Waals surface area contributed by atoms with E-state index in [-0.39, 0.29) is 5.92 Å². The van der Waals surface area contributed by atoms with Gasteiger partial charge in [-0.3, -0.25) is 0 Å². The molecule has 0 aliphatic heterocycles. The fourth-order valence-electron chi connectivity index (χ4n) is 0.788. The fraction of sp³-hybridized carbons (Fsp3) is 1.00. The lowest BCUT2D eigenvalue weighted by molar-refractivity contribution is 0.000195. The number of nitrogens with two attached hydrogens (primary N) is 1. The first-order valence-corrected chi connectivity index (χ1v) is 3.49. The van der Waals surface area contributed by atoms with Crippen LogP contribution in [0.5, 0.6) is 0 Å². The van der Waals surface area contributed by atoms with E-state index >= 15 is 0 Å². The SMILES string of the molecule is CC[C@@](O)(CN)C(C)C. The Bertz CT molecular complexity index is 77.0. The van der Waals surface area contributed by atoms with E-state index in [2.05, 4.69) is 0 Å². The summed E-state index contributed by atoms with van der Waals surface area (Å²) in [5, 5.41) is 9.58. The highest BCUT2D eigenvalue weighted by atomic mass is 16.3. The third-order valence-corrected chi connectivity index (χ3v) is 2.04. The van der Waals surface area contributed by atoms with Crippen molar-refractivity contribution < 1.29 is 5.11 Å². The van der Waals surface area contributed by atoms with Crippen molar-refractivity contribution in [1.82, 2.24) is 0 Å². The van der Waals surface area contributed by atoms with Gasteiger partial charge in [0, 0.05) is 6.54 Å². The van der Waals surface area contributed by atoms with Crippen LogP contribution in [-0.2, 0) is 0 Å². The Labute approximate surface area is 57.1 Å². The van der Waals surface area contributed by atoms with Crippen molar-refractivity contribution in [2.75, 3.05) is 6.54 Å². The van der Waals surface area contributed by atoms with Crippen molar-refractivity contribution in [2.24, 2.45) is 11.7 Å². The molecule has 3 N–H and O–H groups in total. The largest absolute Gasteiger partial charge is 0.388 e. The maximum Gasteiger partial charge on any atom is 0.0789 e. The first kappa shape index (κ1) is 8.92. The van der Waals surface area contributed by atoms with Gasteiger partial charge < -0.3 is 10.8 Å². The highest BCUT2D eigenvalue weighted by molar-refractivity contribution is 4.80. The van der Waals surface area contributed by atoms with Crippen LogP contribution in [0.25, 0.3) is 0 Å². The van der Waals surface area contributed by atoms with E-state index in [1.165, 1.54) is 0 Å². The molecular formula is C7H17NO. The van der Waals surface area contributed by atoms with Crippen molar-refractivity contribution in [3.05, 3.63) is 0 Å². The van der Waals surface area contributed by atoms with E-state index in [1.807, 2.05) is 20.8 Å². The van der Waals surface area contributed by atoms with Crippen molar-refractivity contribution in [3.63, 3.8) is 0 Å². The summed E-state index contributed by atoms with van der Waals surface area (Å²) in [6, 6.07) is 0. The predicted octanol–water partition coefficient (Wildman–Crippen LogP) is 0.742. The van der Waals surface area contributed by atoms with Gasteiger partial charge in [-0.15, -0.1) is 0 Å². The third-order valence-electron chi connectivity index (χ3n) is 2.04. The number of hydrogen-bond donors (Lipinski definition) is 2. The summed E-state index contributed by atoms with van der Waals surface area (Å²) in [6.07, 6.45) is 0.737. The van der Waals surface area contributed by atoms with Crippen LogP contribution in [0.3, 0.4) is 0 Å². The molecule has 0 bridgehead atoms. The predicted molar refractivity (Wildman–Crippen MR) is 39.1 cm³/mol. The van der Waals surface area contributed by atoms with Crippen LogP contribution in [0.2, 0.25) is 0 Å². The molecule has 1 atom stereocenters. The molecule has 9 heavy (non-hydrogen) atoms. The second kappa shape index (κ2) is 3.18. The second-order valence-electron chi connectivity index (χ2n) is 2.82. The molecule has 56 valence electrons. The van der Waals surface area contributed by atoms with E-state index in [4.69, 9.17) is 5.73 Å². The molecule has 0 spiro atoms. The molecule has 0 radical (unpaired) electrons. The summed E-state index contributed by atoms with van der Waals surface area (Å²) in [5.74, 6) is 0.257. The van der Waals surface area contributed by atoms with Gasteiger partial charge in [0.1, 0.15) is 0 Å². The van der Waals surface area contributed by atoms with Gasteiger partial charge in [0.15, 0.2) is 0 Å². The van der Waals surface area contributed by atoms with Crippen molar-refractivity contribution in [3.8, 4) is 0 Å². The molecule has 0 aromatic rings. The van der Waals surface area contributed by atoms with Crippen LogP contribution < -0.4 is 5.73 Å². The Morgan fingerprint density at radius 2 is 2.00 bits per heavy atom. The summed E-state index contributed by atoms with van der Waals surface area (Å²) in [4.78, 5) is 0. The lowest BCUT2D eigenvalue weighted by Crippen LogP contribution is -2.41. The minimum Gasteiger partial charge on any atom is -0.388 e. The van der Waals surface area contributed by atoms with E-state index in [0.717, 1.165) is 6.42 Å². The molecule has 2 nitrogen and oxygen atoms in total. The molecule has 0 amide bonds. The Morgan fingerprint density at radius 3 is 2.00 bits per heavy atom. The summed E-state index contributed by atoms with van der Waals surface area (Å²) in [6.45, 7) is 6.28. The standard InChI is InChI=1S/C7H17NO/c1-4-7(9,5-8)6(2)3/h6,9H,4-5,8H2,1-3H3/t7-/m1/s1. The minimum atomic E-state index is -0.639. The van der Waals surface area contributed by atoms with Gasteiger partial charge in [0.25, 0.3) is 0 Å². The van der Waals surface area contributed by atoms with E-state index < -0.39 is 5.60 Å². The summed E-state index contributed by atoms with van der Waals surface area (Å²) in [7, 11) is 0. The van der Waals surface area contributed by atoms with Crippen LogP contribution in [0.1, 0.15) is 27.2 Å². The van der Waals surface area contributed by atoms with Gasteiger partial charge in [-0.05, 0) is 12.3 Å². The molecule has 0 rings (SSSR count). The monoisotopic (exact) mass is 131 g/mol. The van der Waals surface area contributed by atoms with Gasteiger partial charge >= 0.3 is 0 Å². The molecule has 0 unspecified atom stereocenters. The van der Waals surface area contributed by atoms with E-state index in [9.17, 15) is 5.11 Å². The molecular weight excluding hydrogens is 114 g/mol. The van der Waals surface area contributed by atoms with Crippen LogP contribution in [-0.4, -0.2) is 17.3 Å². The zero-order valence-electron chi connectivity index (χ0n) is 6.52. The molecule has 0 aromatic heterocycles. The molecule has 0 aliphatic rings. The average molecular weight is 131 g/mol. The van der Waals surface area contributed by atoms with Gasteiger partial charge in [0.05, 0.1) is 5.60 Å². The first-order chi connectivity index (χ1) is 4.06. The van der Waals surface area contributed by atoms with Gasteiger partial charge in [0.2, 0.25) is 0 Å². The molecule has 0 aliphatic carbocycles. The maximum atomic E-state index is 9.58. The Morgan fingerprint density at radius 1 is 1.56 bits per heavy atom. The van der Waals surface area contributed by atoms with Crippen molar-refractivity contribution in [2.45, 2.75) is 32.8 Å². The van der Waals surface area contributed by atoms with Gasteiger partial charge in [-0.2, -0.15) is 0 Å². The van der Waals surface area contributed by atoms with E-state index in [1.54, 1.807) is 0 Å². The quantitative estimate of drug-likeness (QED) is 0.593. The highest BCUT2D eigenvalue weighted by Gasteiger charge is 2.26. The van der Waals surface area contributed by atoms with E-state index in [0.29, 0.717) is 6.54 Å². The summed E-state index contributed by atoms with van der Waals surface area (Å²) in [5.41, 5.74) is 4.73. The van der Waals surface area contributed by atoms with Crippen molar-refractivity contribution >= 4 is 0 Å². The Kier molecular flexibility index (Phi) is 3.15. The molecule has 0 fully saturated rings. The zero-order valence-corrected chi connectivity index (χ0v) is 6.52. The number of aliphatic hydroxyl groups is 1. The van der Waals surface area contributed by atoms with Crippen LogP contribution in [0.4, 0.5) is 0 Å². The van der Waals surface area contributed by atoms with Crippen LogP contribution >= 0.6 is 0 Å². The lowest BCUT2D eigenvalue weighted by atomic mass is 9.88. The summed E-state index contributed by atoms with van der Waals surface area (Å²) >= 11 is 0. The first-order valence-electron chi connectivity index (χ1n) is 3.49. The second-order valence-corrected chi connectivity index (χ2v) is 2.82. The topological polar surface area (TPSA) is 46.2 Å². The minimum absolute atomic E-state index is 0.257. The number of rotatable bonds is 3. The number of hydrogen-bond acceptors (Lipinski definition) is 2. The van der Waals surface area contributed by atoms with Crippen LogP contribution in [0.15, 0.2) is 0 Å². The average Bonchev–Trinajstić information content (AvgIpc) is 1.86.